The van der Waals surface area contributed by atoms with Gasteiger partial charge in [-0.2, -0.15) is 4.98 Å². The van der Waals surface area contributed by atoms with Crippen molar-refractivity contribution in [2.24, 2.45) is 0 Å². The average Bonchev–Trinajstić information content (AvgIpc) is 3.16. The molecule has 2 aromatic carbocycles. The topological polar surface area (TPSA) is 114 Å². The van der Waals surface area contributed by atoms with Crippen molar-refractivity contribution in [3.8, 4) is 0 Å². The van der Waals surface area contributed by atoms with E-state index in [0.29, 0.717) is 35.9 Å². The fourth-order valence-electron chi connectivity index (χ4n) is 2.81. The number of aromatic nitrogens is 2. The van der Waals surface area contributed by atoms with Gasteiger partial charge >= 0.3 is 0 Å². The number of benzene rings is 2. The fourth-order valence-corrected chi connectivity index (χ4v) is 3.89. The van der Waals surface area contributed by atoms with Crippen LogP contribution in [0.3, 0.4) is 0 Å². The lowest BCUT2D eigenvalue weighted by Gasteiger charge is -2.10. The molecule has 1 aromatic heterocycles. The first-order valence-corrected chi connectivity index (χ1v) is 11.2. The highest BCUT2D eigenvalue weighted by Crippen LogP contribution is 2.20. The second kappa shape index (κ2) is 10.0. The Labute approximate surface area is 175 Å². The van der Waals surface area contributed by atoms with Gasteiger partial charge in [0, 0.05) is 24.9 Å². The summed E-state index contributed by atoms with van der Waals surface area (Å²) in [5, 5.41) is 6.67. The van der Waals surface area contributed by atoms with E-state index < -0.39 is 10.0 Å². The molecule has 3 rings (SSSR count). The van der Waals surface area contributed by atoms with E-state index in [1.54, 1.807) is 42.5 Å². The van der Waals surface area contributed by atoms with Crippen LogP contribution in [0.5, 0.6) is 0 Å². The summed E-state index contributed by atoms with van der Waals surface area (Å²) in [6.07, 6.45) is 3.10. The van der Waals surface area contributed by atoms with Crippen LogP contribution >= 0.6 is 0 Å². The Morgan fingerprint density at radius 3 is 2.57 bits per heavy atom. The Kier molecular flexibility index (Phi) is 7.18. The molecule has 0 spiro atoms. The molecular formula is C21H24N4O4S. The summed E-state index contributed by atoms with van der Waals surface area (Å²) in [6.45, 7) is 2.04. The number of amides is 1. The molecule has 0 aliphatic heterocycles. The van der Waals surface area contributed by atoms with Crippen molar-refractivity contribution in [1.29, 1.82) is 0 Å². The van der Waals surface area contributed by atoms with Gasteiger partial charge in [0.2, 0.25) is 11.8 Å². The number of nitrogens with one attached hydrogen (secondary N) is 2. The van der Waals surface area contributed by atoms with E-state index in [9.17, 15) is 13.2 Å². The number of aryl methyl sites for hydroxylation is 2. The minimum Gasteiger partial charge on any atom is -0.339 e. The highest BCUT2D eigenvalue weighted by atomic mass is 32.2. The van der Waals surface area contributed by atoms with E-state index in [1.807, 2.05) is 6.92 Å². The van der Waals surface area contributed by atoms with Gasteiger partial charge in [0.1, 0.15) is 0 Å². The van der Waals surface area contributed by atoms with E-state index in [0.717, 1.165) is 12.8 Å². The number of hydrogen-bond donors (Lipinski definition) is 2. The van der Waals surface area contributed by atoms with Gasteiger partial charge in [-0.05, 0) is 43.2 Å². The maximum Gasteiger partial charge on any atom is 0.261 e. The second-order valence-corrected chi connectivity index (χ2v) is 8.44. The van der Waals surface area contributed by atoms with Gasteiger partial charge in [0.05, 0.1) is 10.6 Å². The Balaban J connectivity index is 1.52. The highest BCUT2D eigenvalue weighted by Gasteiger charge is 2.14. The van der Waals surface area contributed by atoms with Crippen molar-refractivity contribution in [1.82, 2.24) is 10.1 Å². The van der Waals surface area contributed by atoms with Crippen molar-refractivity contribution in [3.05, 3.63) is 66.3 Å². The largest absolute Gasteiger partial charge is 0.339 e. The standard InChI is InChI=1S/C21H24N4O4S/c1-2-8-19-23-21(29-24-19)14-7-13-20(26)22-16-9-6-10-17(15-16)25-30(27,28)18-11-4-3-5-12-18/h3-6,9-12,15,25H,2,7-8,13-14H2,1H3,(H,22,26). The summed E-state index contributed by atoms with van der Waals surface area (Å²) in [4.78, 5) is 16.7. The van der Waals surface area contributed by atoms with Crippen molar-refractivity contribution in [2.45, 2.75) is 43.9 Å². The van der Waals surface area contributed by atoms with Crippen LogP contribution in [0.1, 0.15) is 37.9 Å². The Morgan fingerprint density at radius 2 is 1.80 bits per heavy atom. The first-order valence-electron chi connectivity index (χ1n) is 9.75. The van der Waals surface area contributed by atoms with Gasteiger partial charge < -0.3 is 9.84 Å². The molecule has 3 aromatic rings. The molecule has 0 fully saturated rings. The summed E-state index contributed by atoms with van der Waals surface area (Å²) in [5.41, 5.74) is 0.877. The lowest BCUT2D eigenvalue weighted by Crippen LogP contribution is -2.14. The predicted octanol–water partition coefficient (Wildman–Crippen LogP) is 3.78. The predicted molar refractivity (Wildman–Crippen MR) is 114 cm³/mol. The number of carbonyl (C=O) groups excluding carboxylic acids is 1. The molecule has 30 heavy (non-hydrogen) atoms. The molecule has 0 unspecified atom stereocenters. The number of rotatable bonds is 10. The third kappa shape index (κ3) is 6.15. The number of sulfonamides is 1. The molecule has 1 heterocycles. The van der Waals surface area contributed by atoms with Gasteiger partial charge in [-0.3, -0.25) is 9.52 Å². The van der Waals surface area contributed by atoms with Gasteiger partial charge in [-0.15, -0.1) is 0 Å². The van der Waals surface area contributed by atoms with Crippen LogP contribution in [0.2, 0.25) is 0 Å². The van der Waals surface area contributed by atoms with Crippen LogP contribution in [0.15, 0.2) is 64.0 Å². The van der Waals surface area contributed by atoms with Gasteiger partial charge in [0.25, 0.3) is 10.0 Å². The molecule has 0 aliphatic carbocycles. The Morgan fingerprint density at radius 1 is 1.03 bits per heavy atom. The molecule has 0 atom stereocenters. The molecule has 2 N–H and O–H groups in total. The fraction of sp³-hybridized carbons (Fsp3) is 0.286. The molecule has 8 nitrogen and oxygen atoms in total. The van der Waals surface area contributed by atoms with Gasteiger partial charge in [0.15, 0.2) is 5.82 Å². The van der Waals surface area contributed by atoms with Crippen LogP contribution in [0.4, 0.5) is 11.4 Å². The van der Waals surface area contributed by atoms with Crippen molar-refractivity contribution in [2.75, 3.05) is 10.0 Å². The molecule has 158 valence electrons. The van der Waals surface area contributed by atoms with Crippen molar-refractivity contribution in [3.63, 3.8) is 0 Å². The summed E-state index contributed by atoms with van der Waals surface area (Å²) in [6, 6.07) is 14.7. The van der Waals surface area contributed by atoms with Crippen LogP contribution < -0.4 is 10.0 Å². The minimum absolute atomic E-state index is 0.169. The van der Waals surface area contributed by atoms with Crippen LogP contribution in [-0.2, 0) is 27.7 Å². The number of carbonyl (C=O) groups is 1. The zero-order valence-corrected chi connectivity index (χ0v) is 17.5. The molecular weight excluding hydrogens is 404 g/mol. The molecule has 0 aliphatic rings. The second-order valence-electron chi connectivity index (χ2n) is 6.76. The molecule has 0 radical (unpaired) electrons. The number of nitrogens with zero attached hydrogens (tertiary/aromatic N) is 2. The first kappa shape index (κ1) is 21.5. The molecule has 0 saturated carbocycles. The first-order chi connectivity index (χ1) is 14.5. The lowest BCUT2D eigenvalue weighted by molar-refractivity contribution is -0.116. The zero-order valence-electron chi connectivity index (χ0n) is 16.7. The van der Waals surface area contributed by atoms with Gasteiger partial charge in [-0.25, -0.2) is 8.42 Å². The highest BCUT2D eigenvalue weighted by molar-refractivity contribution is 7.92. The maximum atomic E-state index is 12.4. The van der Waals surface area contributed by atoms with Crippen LogP contribution in [0, 0.1) is 0 Å². The third-order valence-corrected chi connectivity index (χ3v) is 5.63. The maximum absolute atomic E-state index is 12.4. The van der Waals surface area contributed by atoms with Crippen LogP contribution in [0.25, 0.3) is 0 Å². The molecule has 9 heteroatoms. The van der Waals surface area contributed by atoms with E-state index in [2.05, 4.69) is 20.2 Å². The van der Waals surface area contributed by atoms with Crippen molar-refractivity contribution >= 4 is 27.3 Å². The minimum atomic E-state index is -3.69. The Bertz CT molecular complexity index is 1080. The Hall–Kier alpha value is -3.20. The van der Waals surface area contributed by atoms with E-state index >= 15 is 0 Å². The SMILES string of the molecule is CCCc1noc(CCCC(=O)Nc2cccc(NS(=O)(=O)c3ccccc3)c2)n1. The average molecular weight is 429 g/mol. The molecule has 0 saturated heterocycles. The summed E-state index contributed by atoms with van der Waals surface area (Å²) in [7, 11) is -3.69. The normalized spacial score (nSPS) is 11.2. The molecule has 0 bridgehead atoms. The van der Waals surface area contributed by atoms with E-state index in [4.69, 9.17) is 4.52 Å². The summed E-state index contributed by atoms with van der Waals surface area (Å²) >= 11 is 0. The zero-order chi connectivity index (χ0) is 21.4. The van der Waals surface area contributed by atoms with E-state index in [1.165, 1.54) is 12.1 Å². The quantitative estimate of drug-likeness (QED) is 0.508. The number of anilines is 2. The van der Waals surface area contributed by atoms with Gasteiger partial charge in [-0.1, -0.05) is 36.3 Å². The lowest BCUT2D eigenvalue weighted by atomic mass is 10.2. The number of hydrogen-bond acceptors (Lipinski definition) is 6. The third-order valence-electron chi connectivity index (χ3n) is 4.23. The van der Waals surface area contributed by atoms with Crippen LogP contribution in [-0.4, -0.2) is 24.5 Å². The monoisotopic (exact) mass is 428 g/mol. The van der Waals surface area contributed by atoms with E-state index in [-0.39, 0.29) is 17.2 Å². The summed E-state index contributed by atoms with van der Waals surface area (Å²) < 4.78 is 32.5. The molecule has 1 amide bonds. The smallest absolute Gasteiger partial charge is 0.261 e. The summed E-state index contributed by atoms with van der Waals surface area (Å²) in [5.74, 6) is 1.04. The van der Waals surface area contributed by atoms with Crippen molar-refractivity contribution < 1.29 is 17.7 Å².